The van der Waals surface area contributed by atoms with Crippen molar-refractivity contribution in [1.29, 1.82) is 0 Å². The molecule has 1 fully saturated rings. The first-order valence-corrected chi connectivity index (χ1v) is 9.60. The molecule has 30 heavy (non-hydrogen) atoms. The summed E-state index contributed by atoms with van der Waals surface area (Å²) in [4.78, 5) is 27.6. The lowest BCUT2D eigenvalue weighted by Gasteiger charge is -2.27. The largest absolute Gasteiger partial charge is 0.378 e. The Balaban J connectivity index is 1.54. The summed E-state index contributed by atoms with van der Waals surface area (Å²) >= 11 is 0. The standard InChI is InChI=1S/C21H21FN6O2/c22-15-4-6-16(7-5-15)25-19-13-17(14-24-20(29)18-3-1-2-8-23-18)26-21(27-19)28-9-11-30-12-10-28/h1-8,13H,9-12,14H2,(H,24,29)(H,25,26,27). The number of aromatic nitrogens is 3. The Morgan fingerprint density at radius 2 is 1.90 bits per heavy atom. The van der Waals surface area contributed by atoms with Gasteiger partial charge in [-0.1, -0.05) is 6.07 Å². The van der Waals surface area contributed by atoms with Gasteiger partial charge in [0, 0.05) is 31.0 Å². The molecule has 0 saturated carbocycles. The maximum Gasteiger partial charge on any atom is 0.270 e. The molecule has 1 aliphatic heterocycles. The molecule has 0 aliphatic carbocycles. The lowest BCUT2D eigenvalue weighted by atomic mass is 10.3. The molecule has 1 aliphatic rings. The number of carbonyl (C=O) groups excluding carboxylic acids is 1. The molecule has 8 nitrogen and oxygen atoms in total. The molecule has 3 heterocycles. The topological polar surface area (TPSA) is 92.3 Å². The summed E-state index contributed by atoms with van der Waals surface area (Å²) in [5.41, 5.74) is 1.68. The quantitative estimate of drug-likeness (QED) is 0.647. The van der Waals surface area contributed by atoms with Crippen LogP contribution in [-0.2, 0) is 11.3 Å². The monoisotopic (exact) mass is 408 g/mol. The molecule has 3 aromatic rings. The number of rotatable bonds is 6. The zero-order chi connectivity index (χ0) is 20.8. The first-order chi connectivity index (χ1) is 14.7. The van der Waals surface area contributed by atoms with Gasteiger partial charge in [0.15, 0.2) is 0 Å². The molecule has 1 aromatic carbocycles. The molecule has 0 spiro atoms. The lowest BCUT2D eigenvalue weighted by molar-refractivity contribution is 0.0945. The second-order valence-electron chi connectivity index (χ2n) is 6.67. The number of ether oxygens (including phenoxy) is 1. The number of anilines is 3. The third-order valence-electron chi connectivity index (χ3n) is 4.51. The average molecular weight is 408 g/mol. The van der Waals surface area contributed by atoms with E-state index < -0.39 is 0 Å². The Morgan fingerprint density at radius 1 is 1.10 bits per heavy atom. The van der Waals surface area contributed by atoms with Crippen LogP contribution < -0.4 is 15.5 Å². The Morgan fingerprint density at radius 3 is 2.63 bits per heavy atom. The molecule has 2 aromatic heterocycles. The predicted octanol–water partition coefficient (Wildman–Crippen LogP) is 2.52. The van der Waals surface area contributed by atoms with Crippen LogP contribution in [0.4, 0.5) is 21.8 Å². The number of nitrogens with one attached hydrogen (secondary N) is 2. The second-order valence-corrected chi connectivity index (χ2v) is 6.67. The number of hydrogen-bond donors (Lipinski definition) is 2. The molecule has 0 bridgehead atoms. The Labute approximate surface area is 173 Å². The maximum atomic E-state index is 13.2. The minimum Gasteiger partial charge on any atom is -0.378 e. The third-order valence-corrected chi connectivity index (χ3v) is 4.51. The van der Waals surface area contributed by atoms with E-state index in [4.69, 9.17) is 4.74 Å². The SMILES string of the molecule is O=C(NCc1cc(Nc2ccc(F)cc2)nc(N2CCOCC2)n1)c1ccccn1. The molecule has 0 radical (unpaired) electrons. The van der Waals surface area contributed by atoms with Gasteiger partial charge in [-0.3, -0.25) is 9.78 Å². The number of halogens is 1. The maximum absolute atomic E-state index is 13.2. The Kier molecular flexibility index (Phi) is 6.09. The predicted molar refractivity (Wildman–Crippen MR) is 110 cm³/mol. The van der Waals surface area contributed by atoms with Crippen LogP contribution in [-0.4, -0.2) is 47.2 Å². The molecular weight excluding hydrogens is 387 g/mol. The fourth-order valence-corrected chi connectivity index (χ4v) is 2.98. The molecule has 1 saturated heterocycles. The fraction of sp³-hybridized carbons (Fsp3) is 0.238. The highest BCUT2D eigenvalue weighted by Gasteiger charge is 2.16. The van der Waals surface area contributed by atoms with E-state index in [1.165, 1.54) is 12.1 Å². The van der Waals surface area contributed by atoms with Crippen LogP contribution in [0, 0.1) is 5.82 Å². The van der Waals surface area contributed by atoms with E-state index in [9.17, 15) is 9.18 Å². The van der Waals surface area contributed by atoms with E-state index in [1.54, 1.807) is 42.6 Å². The van der Waals surface area contributed by atoms with E-state index in [0.29, 0.717) is 55.1 Å². The van der Waals surface area contributed by atoms with Crippen molar-refractivity contribution >= 4 is 23.4 Å². The first kappa shape index (κ1) is 19.7. The fourth-order valence-electron chi connectivity index (χ4n) is 2.98. The van der Waals surface area contributed by atoms with Crippen molar-refractivity contribution in [1.82, 2.24) is 20.3 Å². The van der Waals surface area contributed by atoms with Crippen LogP contribution in [0.5, 0.6) is 0 Å². The number of amides is 1. The second kappa shape index (κ2) is 9.27. The first-order valence-electron chi connectivity index (χ1n) is 9.60. The Bertz CT molecular complexity index is 994. The van der Waals surface area contributed by atoms with E-state index in [2.05, 4.69) is 25.6 Å². The summed E-state index contributed by atoms with van der Waals surface area (Å²) in [5.74, 6) is 0.512. The van der Waals surface area contributed by atoms with Gasteiger partial charge in [0.05, 0.1) is 25.5 Å². The van der Waals surface area contributed by atoms with Gasteiger partial charge in [-0.2, -0.15) is 4.98 Å². The van der Waals surface area contributed by atoms with Crippen molar-refractivity contribution in [3.8, 4) is 0 Å². The number of pyridine rings is 1. The molecule has 4 rings (SSSR count). The average Bonchev–Trinajstić information content (AvgIpc) is 2.80. The zero-order valence-corrected chi connectivity index (χ0v) is 16.2. The van der Waals surface area contributed by atoms with Gasteiger partial charge in [0.2, 0.25) is 5.95 Å². The van der Waals surface area contributed by atoms with E-state index in [1.807, 2.05) is 4.90 Å². The number of carbonyl (C=O) groups is 1. The van der Waals surface area contributed by atoms with Gasteiger partial charge in [-0.15, -0.1) is 0 Å². The number of benzene rings is 1. The minimum absolute atomic E-state index is 0.216. The number of hydrogen-bond acceptors (Lipinski definition) is 7. The molecule has 1 amide bonds. The summed E-state index contributed by atoms with van der Waals surface area (Å²) in [6.45, 7) is 2.78. The highest BCUT2D eigenvalue weighted by molar-refractivity contribution is 5.92. The van der Waals surface area contributed by atoms with Crippen LogP contribution in [0.25, 0.3) is 0 Å². The molecular formula is C21H21FN6O2. The summed E-state index contributed by atoms with van der Waals surface area (Å²) in [6.07, 6.45) is 1.57. The van der Waals surface area contributed by atoms with E-state index in [-0.39, 0.29) is 18.3 Å². The van der Waals surface area contributed by atoms with Gasteiger partial charge in [-0.25, -0.2) is 9.37 Å². The van der Waals surface area contributed by atoms with Crippen molar-refractivity contribution in [2.24, 2.45) is 0 Å². The minimum atomic E-state index is -0.310. The van der Waals surface area contributed by atoms with E-state index in [0.717, 1.165) is 0 Å². The molecule has 0 atom stereocenters. The Hall–Kier alpha value is -3.59. The summed E-state index contributed by atoms with van der Waals surface area (Å²) in [5, 5.41) is 6.00. The number of morpholine rings is 1. The molecule has 2 N–H and O–H groups in total. The highest BCUT2D eigenvalue weighted by atomic mass is 19.1. The highest BCUT2D eigenvalue weighted by Crippen LogP contribution is 2.20. The normalized spacial score (nSPS) is 13.7. The van der Waals surface area contributed by atoms with Crippen LogP contribution >= 0.6 is 0 Å². The van der Waals surface area contributed by atoms with Gasteiger partial charge in [0.1, 0.15) is 17.3 Å². The smallest absolute Gasteiger partial charge is 0.270 e. The van der Waals surface area contributed by atoms with Crippen molar-refractivity contribution in [3.63, 3.8) is 0 Å². The van der Waals surface area contributed by atoms with Gasteiger partial charge in [0.25, 0.3) is 5.91 Å². The molecule has 0 unspecified atom stereocenters. The van der Waals surface area contributed by atoms with Crippen LogP contribution in [0.3, 0.4) is 0 Å². The third kappa shape index (κ3) is 5.06. The van der Waals surface area contributed by atoms with Crippen LogP contribution in [0.15, 0.2) is 54.7 Å². The number of nitrogens with zero attached hydrogens (tertiary/aromatic N) is 4. The van der Waals surface area contributed by atoms with Crippen molar-refractivity contribution < 1.29 is 13.9 Å². The summed E-state index contributed by atoms with van der Waals surface area (Å²) < 4.78 is 18.6. The molecule has 154 valence electrons. The summed E-state index contributed by atoms with van der Waals surface area (Å²) in [7, 11) is 0. The molecule has 9 heteroatoms. The van der Waals surface area contributed by atoms with Crippen molar-refractivity contribution in [2.45, 2.75) is 6.54 Å². The van der Waals surface area contributed by atoms with Crippen LogP contribution in [0.2, 0.25) is 0 Å². The lowest BCUT2D eigenvalue weighted by Crippen LogP contribution is -2.37. The van der Waals surface area contributed by atoms with Gasteiger partial charge < -0.3 is 20.3 Å². The van der Waals surface area contributed by atoms with Gasteiger partial charge in [-0.05, 0) is 36.4 Å². The van der Waals surface area contributed by atoms with Crippen molar-refractivity contribution in [2.75, 3.05) is 36.5 Å². The zero-order valence-electron chi connectivity index (χ0n) is 16.2. The van der Waals surface area contributed by atoms with Crippen molar-refractivity contribution in [3.05, 3.63) is 71.9 Å². The van der Waals surface area contributed by atoms with Crippen LogP contribution in [0.1, 0.15) is 16.2 Å². The van der Waals surface area contributed by atoms with Gasteiger partial charge >= 0.3 is 0 Å². The van der Waals surface area contributed by atoms with E-state index >= 15 is 0 Å². The summed E-state index contributed by atoms with van der Waals surface area (Å²) in [6, 6.07) is 12.9.